The van der Waals surface area contributed by atoms with E-state index in [2.05, 4.69) is 15.3 Å². The van der Waals surface area contributed by atoms with Crippen molar-refractivity contribution in [3.63, 3.8) is 0 Å². The number of carbonyl (C=O) groups excluding carboxylic acids is 1. The third-order valence-corrected chi connectivity index (χ3v) is 4.32. The van der Waals surface area contributed by atoms with Crippen molar-refractivity contribution < 1.29 is 14.3 Å². The molecule has 6 nitrogen and oxygen atoms in total. The third kappa shape index (κ3) is 4.74. The minimum Gasteiger partial charge on any atom is -0.491 e. The van der Waals surface area contributed by atoms with Crippen molar-refractivity contribution in [2.45, 2.75) is 18.9 Å². The topological polar surface area (TPSA) is 72.8 Å². The number of amides is 1. The van der Waals surface area contributed by atoms with Crippen LogP contribution < -0.4 is 14.8 Å². The van der Waals surface area contributed by atoms with Gasteiger partial charge in [0.2, 0.25) is 0 Å². The molecule has 1 N–H and O–H groups in total. The molecule has 1 aliphatic carbocycles. The number of rotatable bonds is 6. The Kier molecular flexibility index (Phi) is 5.60. The Hall–Kier alpha value is -2.05. The molecular formula is C17H17Cl2N3O3. The number of allylic oxidation sites excluding steroid dienone is 1. The quantitative estimate of drug-likeness (QED) is 0.820. The van der Waals surface area contributed by atoms with Gasteiger partial charge in [-0.3, -0.25) is 9.79 Å². The number of aliphatic imine (C=N–C) groups is 1. The van der Waals surface area contributed by atoms with Gasteiger partial charge in [-0.05, 0) is 24.8 Å². The van der Waals surface area contributed by atoms with Crippen LogP contribution in [-0.4, -0.2) is 36.9 Å². The SMILES string of the molecule is COc1cnc(C(=O)NC2C=C(Cl)C=NC=C2Cl)cc1OCC1CC1. The van der Waals surface area contributed by atoms with Crippen LogP contribution in [-0.2, 0) is 0 Å². The molecule has 0 aromatic carbocycles. The van der Waals surface area contributed by atoms with Crippen molar-refractivity contribution in [3.05, 3.63) is 40.3 Å². The van der Waals surface area contributed by atoms with Crippen LogP contribution >= 0.6 is 23.2 Å². The highest BCUT2D eigenvalue weighted by atomic mass is 35.5. The summed E-state index contributed by atoms with van der Waals surface area (Å²) in [6.07, 6.45) is 8.29. The average Bonchev–Trinajstić information content (AvgIpc) is 3.43. The fourth-order valence-electron chi connectivity index (χ4n) is 2.17. The molecule has 1 fully saturated rings. The van der Waals surface area contributed by atoms with Gasteiger partial charge in [0, 0.05) is 18.5 Å². The average molecular weight is 382 g/mol. The number of pyridine rings is 1. The Bertz CT molecular complexity index is 758. The molecule has 0 spiro atoms. The van der Waals surface area contributed by atoms with Crippen molar-refractivity contribution >= 4 is 35.3 Å². The highest BCUT2D eigenvalue weighted by molar-refractivity contribution is 6.40. The molecular weight excluding hydrogens is 365 g/mol. The number of ether oxygens (including phenoxy) is 2. The van der Waals surface area contributed by atoms with Crippen molar-refractivity contribution in [2.24, 2.45) is 10.9 Å². The summed E-state index contributed by atoms with van der Waals surface area (Å²) in [5.41, 5.74) is 0.200. The highest BCUT2D eigenvalue weighted by Gasteiger charge is 2.23. The molecule has 0 saturated heterocycles. The van der Waals surface area contributed by atoms with E-state index in [4.69, 9.17) is 32.7 Å². The molecule has 1 aromatic heterocycles. The molecule has 1 aliphatic heterocycles. The zero-order valence-electron chi connectivity index (χ0n) is 13.5. The van der Waals surface area contributed by atoms with Crippen LogP contribution in [0.2, 0.25) is 0 Å². The van der Waals surface area contributed by atoms with Gasteiger partial charge in [0.05, 0.1) is 36.0 Å². The van der Waals surface area contributed by atoms with Crippen molar-refractivity contribution in [1.82, 2.24) is 10.3 Å². The first-order valence-corrected chi connectivity index (χ1v) is 8.56. The summed E-state index contributed by atoms with van der Waals surface area (Å²) >= 11 is 12.1. The van der Waals surface area contributed by atoms with Crippen molar-refractivity contribution in [3.8, 4) is 11.5 Å². The van der Waals surface area contributed by atoms with E-state index in [0.29, 0.717) is 34.1 Å². The van der Waals surface area contributed by atoms with Gasteiger partial charge >= 0.3 is 0 Å². The van der Waals surface area contributed by atoms with Crippen LogP contribution in [0.4, 0.5) is 0 Å². The maximum absolute atomic E-state index is 12.5. The minimum atomic E-state index is -0.580. The van der Waals surface area contributed by atoms with E-state index in [-0.39, 0.29) is 5.69 Å². The Balaban J connectivity index is 1.74. The maximum atomic E-state index is 12.5. The second kappa shape index (κ2) is 7.89. The van der Waals surface area contributed by atoms with Gasteiger partial charge in [-0.25, -0.2) is 4.98 Å². The number of nitrogens with one attached hydrogen (secondary N) is 1. The van der Waals surface area contributed by atoms with Crippen LogP contribution in [0.1, 0.15) is 23.3 Å². The van der Waals surface area contributed by atoms with Crippen LogP contribution in [0, 0.1) is 5.92 Å². The second-order valence-electron chi connectivity index (χ2n) is 5.77. The Labute approximate surface area is 155 Å². The fourth-order valence-corrected chi connectivity index (χ4v) is 2.53. The Morgan fingerprint density at radius 2 is 2.16 bits per heavy atom. The smallest absolute Gasteiger partial charge is 0.270 e. The Morgan fingerprint density at radius 1 is 1.36 bits per heavy atom. The van der Waals surface area contributed by atoms with Gasteiger partial charge in [0.1, 0.15) is 5.69 Å². The van der Waals surface area contributed by atoms with Gasteiger partial charge in [-0.15, -0.1) is 0 Å². The number of carbonyl (C=O) groups is 1. The van der Waals surface area contributed by atoms with E-state index in [1.54, 1.807) is 12.1 Å². The summed E-state index contributed by atoms with van der Waals surface area (Å²) in [5.74, 6) is 1.16. The molecule has 25 heavy (non-hydrogen) atoms. The molecule has 1 atom stereocenters. The van der Waals surface area contributed by atoms with Crippen LogP contribution in [0.3, 0.4) is 0 Å². The lowest BCUT2D eigenvalue weighted by molar-refractivity contribution is 0.0944. The zero-order chi connectivity index (χ0) is 17.8. The monoisotopic (exact) mass is 381 g/mol. The molecule has 132 valence electrons. The minimum absolute atomic E-state index is 0.200. The lowest BCUT2D eigenvalue weighted by Crippen LogP contribution is -2.34. The first-order valence-electron chi connectivity index (χ1n) is 7.80. The summed E-state index contributed by atoms with van der Waals surface area (Å²) < 4.78 is 11.0. The normalized spacial score (nSPS) is 19.6. The van der Waals surface area contributed by atoms with Gasteiger partial charge in [-0.2, -0.15) is 0 Å². The van der Waals surface area contributed by atoms with Crippen LogP contribution in [0.5, 0.6) is 11.5 Å². The van der Waals surface area contributed by atoms with Crippen LogP contribution in [0.25, 0.3) is 0 Å². The van der Waals surface area contributed by atoms with E-state index < -0.39 is 11.9 Å². The number of hydrogen-bond donors (Lipinski definition) is 1. The molecule has 8 heteroatoms. The summed E-state index contributed by atoms with van der Waals surface area (Å²) in [4.78, 5) is 20.6. The van der Waals surface area contributed by atoms with E-state index >= 15 is 0 Å². The number of nitrogens with zero attached hydrogens (tertiary/aromatic N) is 2. The number of halogens is 2. The lowest BCUT2D eigenvalue weighted by atomic mass is 10.2. The van der Waals surface area contributed by atoms with Gasteiger partial charge < -0.3 is 14.8 Å². The molecule has 3 rings (SSSR count). The highest BCUT2D eigenvalue weighted by Crippen LogP contribution is 2.32. The van der Waals surface area contributed by atoms with E-state index in [1.807, 2.05) is 0 Å². The maximum Gasteiger partial charge on any atom is 0.270 e. The van der Waals surface area contributed by atoms with E-state index in [1.165, 1.54) is 38.6 Å². The molecule has 0 bridgehead atoms. The summed E-state index contributed by atoms with van der Waals surface area (Å²) in [7, 11) is 1.53. The predicted octanol–water partition coefficient (Wildman–Crippen LogP) is 3.26. The van der Waals surface area contributed by atoms with Crippen molar-refractivity contribution in [1.29, 1.82) is 0 Å². The molecule has 1 saturated carbocycles. The lowest BCUT2D eigenvalue weighted by Gasteiger charge is -2.15. The van der Waals surface area contributed by atoms with Crippen molar-refractivity contribution in [2.75, 3.05) is 13.7 Å². The van der Waals surface area contributed by atoms with Gasteiger partial charge in [0.15, 0.2) is 11.5 Å². The molecule has 0 radical (unpaired) electrons. The summed E-state index contributed by atoms with van der Waals surface area (Å²) in [6.45, 7) is 0.605. The summed E-state index contributed by atoms with van der Waals surface area (Å²) in [5, 5.41) is 3.49. The molecule has 1 unspecified atom stereocenters. The first kappa shape index (κ1) is 17.8. The van der Waals surface area contributed by atoms with Gasteiger partial charge in [0.25, 0.3) is 5.91 Å². The Morgan fingerprint density at radius 3 is 2.88 bits per heavy atom. The van der Waals surface area contributed by atoms with Gasteiger partial charge in [-0.1, -0.05) is 23.2 Å². The zero-order valence-corrected chi connectivity index (χ0v) is 15.0. The van der Waals surface area contributed by atoms with E-state index in [0.717, 1.165) is 0 Å². The largest absolute Gasteiger partial charge is 0.491 e. The third-order valence-electron chi connectivity index (χ3n) is 3.76. The number of methoxy groups -OCH3 is 1. The summed E-state index contributed by atoms with van der Waals surface area (Å²) in [6, 6.07) is 0.982. The van der Waals surface area contributed by atoms with E-state index in [9.17, 15) is 4.79 Å². The second-order valence-corrected chi connectivity index (χ2v) is 6.64. The molecule has 2 heterocycles. The molecule has 1 aromatic rings. The fraction of sp³-hybridized carbons (Fsp3) is 0.353. The number of hydrogen-bond acceptors (Lipinski definition) is 5. The molecule has 2 aliphatic rings. The first-order chi connectivity index (χ1) is 12.1. The van der Waals surface area contributed by atoms with Crippen LogP contribution in [0.15, 0.2) is 39.6 Å². The number of aromatic nitrogens is 1. The molecule has 1 amide bonds. The standard InChI is InChI=1S/C17H17Cl2N3O3/c1-24-16-8-21-14(5-15(16)25-9-10-2-3-10)17(23)22-13-4-11(18)6-20-7-12(13)19/h4-8,10,13H,2-3,9H2,1H3,(H,22,23). The predicted molar refractivity (Wildman–Crippen MR) is 96.6 cm³/mol.